The summed E-state index contributed by atoms with van der Waals surface area (Å²) in [5.74, 6) is -0.0359. The first-order valence-corrected chi connectivity index (χ1v) is 20.9. The third-order valence-electron chi connectivity index (χ3n) is 8.34. The minimum absolute atomic E-state index is 0.0806. The molecule has 0 aliphatic carbocycles. The molecule has 2 unspecified atom stereocenters. The lowest BCUT2D eigenvalue weighted by atomic mass is 9.72. The zero-order valence-corrected chi connectivity index (χ0v) is 33.7. The number of carbonyl (C=O) groups is 3. The van der Waals surface area contributed by atoms with Crippen LogP contribution in [0.2, 0.25) is 0 Å². The molecule has 2 amide bonds. The molecule has 2 rings (SSSR count). The lowest BCUT2D eigenvalue weighted by Gasteiger charge is -2.38. The largest absolute Gasteiger partial charge is 0.355 e. The van der Waals surface area contributed by atoms with Crippen LogP contribution < -0.4 is 10.6 Å². The first-order chi connectivity index (χ1) is 23.2. The minimum atomic E-state index is -3.02. The second kappa shape index (κ2) is 19.2. The number of hydrogen-bond donors (Lipinski definition) is 2. The molecule has 0 saturated carbocycles. The maximum absolute atomic E-state index is 14.1. The summed E-state index contributed by atoms with van der Waals surface area (Å²) in [6, 6.07) is 18.4. The monoisotopic (exact) mass is 761 g/mol. The maximum Gasteiger partial charge on any atom is 0.236 e. The molecule has 0 radical (unpaired) electrons. The lowest BCUT2D eigenvalue weighted by molar-refractivity contribution is -0.890. The van der Waals surface area contributed by atoms with Gasteiger partial charge >= 0.3 is 0 Å². The van der Waals surface area contributed by atoms with Gasteiger partial charge in [-0.25, -0.2) is 15.0 Å². The average molecular weight is 762 g/mol. The summed E-state index contributed by atoms with van der Waals surface area (Å²) >= 11 is 8.20. The maximum atomic E-state index is 14.1. The normalized spacial score (nSPS) is 14.4. The molecule has 0 aliphatic rings. The zero-order valence-electron chi connectivity index (χ0n) is 30.4. The molecule has 0 heterocycles. The van der Waals surface area contributed by atoms with E-state index in [1.165, 1.54) is 18.0 Å². The summed E-state index contributed by atoms with van der Waals surface area (Å²) in [6.07, 6.45) is 2.78. The third-order valence-corrected chi connectivity index (χ3v) is 12.0. The fourth-order valence-electron chi connectivity index (χ4n) is 5.90. The molecule has 2 aromatic carbocycles. The van der Waals surface area contributed by atoms with Crippen LogP contribution in [0, 0.1) is 12.0 Å². The van der Waals surface area contributed by atoms with Gasteiger partial charge in [0, 0.05) is 63.8 Å². The fourth-order valence-corrected chi connectivity index (χ4v) is 9.16. The quantitative estimate of drug-likeness (QED) is 0.0727. The van der Waals surface area contributed by atoms with E-state index < -0.39 is 25.5 Å². The Balaban J connectivity index is 2.24. The predicted octanol–water partition coefficient (Wildman–Crippen LogP) is 6.05. The Morgan fingerprint density at radius 2 is 1.38 bits per heavy atom. The number of nitrogens with zero attached hydrogens (tertiary/aromatic N) is 2. The van der Waals surface area contributed by atoms with E-state index in [1.54, 1.807) is 52.0 Å². The standard InChI is InChI=1S/C37H52N4O5S4/c1-35(2,38-5)27-36(3,33(43)40-22-25-48-31(42)29-17-11-9-12-18-29)28-37(4,49-32(47)30-19-13-10-14-20-30)34(44)39-21-15-23-41(6,7)24-16-26-50(8,45)46/h9-14,17-20H,15-16,21-28H2,1-4,6-8H3,(H-,39,40,43,44)/p+1. The number of rotatable bonds is 20. The summed E-state index contributed by atoms with van der Waals surface area (Å²) in [5.41, 5.74) is -0.624. The van der Waals surface area contributed by atoms with Gasteiger partial charge in [0.25, 0.3) is 0 Å². The van der Waals surface area contributed by atoms with E-state index in [4.69, 9.17) is 18.8 Å². The topological polar surface area (TPSA) is 114 Å². The van der Waals surface area contributed by atoms with Gasteiger partial charge in [-0.15, -0.1) is 0 Å². The second-order valence-corrected chi connectivity index (χ2v) is 20.1. The van der Waals surface area contributed by atoms with Crippen molar-refractivity contribution >= 4 is 66.7 Å². The molecule has 2 aromatic rings. The molecule has 2 N–H and O–H groups in total. The van der Waals surface area contributed by atoms with Crippen molar-refractivity contribution in [1.29, 1.82) is 0 Å². The molecular weight excluding hydrogens is 709 g/mol. The Morgan fingerprint density at radius 1 is 0.840 bits per heavy atom. The van der Waals surface area contributed by atoms with Crippen LogP contribution in [0.4, 0.5) is 0 Å². The molecule has 9 nitrogen and oxygen atoms in total. The smallest absolute Gasteiger partial charge is 0.236 e. The van der Waals surface area contributed by atoms with Crippen LogP contribution >= 0.6 is 35.7 Å². The van der Waals surface area contributed by atoms with Crippen molar-refractivity contribution in [1.82, 2.24) is 10.6 Å². The van der Waals surface area contributed by atoms with Crippen LogP contribution in [-0.2, 0) is 19.4 Å². The molecule has 0 fully saturated rings. The van der Waals surface area contributed by atoms with Gasteiger partial charge in [-0.05, 0) is 18.9 Å². The number of nitrogens with one attached hydrogen (secondary N) is 2. The number of sulfone groups is 1. The Morgan fingerprint density at radius 3 is 1.94 bits per heavy atom. The fraction of sp³-hybridized carbons (Fsp3) is 0.541. The Bertz CT molecular complexity index is 1610. The molecule has 13 heteroatoms. The summed E-state index contributed by atoms with van der Waals surface area (Å²) in [6.45, 7) is 17.1. The van der Waals surface area contributed by atoms with Crippen LogP contribution in [0.5, 0.6) is 0 Å². The van der Waals surface area contributed by atoms with Crippen molar-refractivity contribution < 1.29 is 27.3 Å². The molecular formula is C37H53N4O5S4+. The second-order valence-electron chi connectivity index (χ2n) is 14.6. The predicted molar refractivity (Wildman–Crippen MR) is 212 cm³/mol. The van der Waals surface area contributed by atoms with Gasteiger partial charge in [0.05, 0.1) is 47.3 Å². The van der Waals surface area contributed by atoms with Crippen LogP contribution in [-0.4, -0.2) is 102 Å². The van der Waals surface area contributed by atoms with Crippen LogP contribution in [0.15, 0.2) is 60.7 Å². The van der Waals surface area contributed by atoms with Gasteiger partial charge in [-0.2, -0.15) is 0 Å². The number of quaternary nitrogens is 1. The van der Waals surface area contributed by atoms with Crippen molar-refractivity contribution in [3.8, 4) is 0 Å². The first kappa shape index (κ1) is 43.4. The van der Waals surface area contributed by atoms with Crippen molar-refractivity contribution in [2.75, 3.05) is 58.0 Å². The lowest BCUT2D eigenvalue weighted by Crippen LogP contribution is -2.52. The van der Waals surface area contributed by atoms with E-state index in [0.29, 0.717) is 45.9 Å². The van der Waals surface area contributed by atoms with Crippen molar-refractivity contribution in [3.05, 3.63) is 83.2 Å². The number of thioether (sulfide) groups is 2. The SMILES string of the molecule is [C-]#[N+]C(C)(C)CC(C)(CC(C)(SC(=S)c1ccccc1)C(=O)NCCC[N+](C)(C)CCCS(C)(=O)=O)C(=O)NCCSC(=O)c1ccccc1. The van der Waals surface area contributed by atoms with E-state index >= 15 is 0 Å². The summed E-state index contributed by atoms with van der Waals surface area (Å²) in [5, 5.41) is 6.00. The van der Waals surface area contributed by atoms with Gasteiger partial charge in [0.2, 0.25) is 22.5 Å². The Kier molecular flexibility index (Phi) is 16.7. The van der Waals surface area contributed by atoms with Crippen molar-refractivity contribution in [3.63, 3.8) is 0 Å². The van der Waals surface area contributed by atoms with E-state index in [9.17, 15) is 22.8 Å². The Labute approximate surface area is 313 Å². The summed E-state index contributed by atoms with van der Waals surface area (Å²) in [7, 11) is 1.06. The average Bonchev–Trinajstić information content (AvgIpc) is 3.04. The highest BCUT2D eigenvalue weighted by Crippen LogP contribution is 2.44. The first-order valence-electron chi connectivity index (χ1n) is 16.7. The molecule has 0 saturated heterocycles. The van der Waals surface area contributed by atoms with Gasteiger partial charge in [0.1, 0.15) is 9.84 Å². The van der Waals surface area contributed by atoms with Crippen molar-refractivity contribution in [2.45, 2.75) is 63.7 Å². The highest BCUT2D eigenvalue weighted by Gasteiger charge is 2.49. The molecule has 0 spiro atoms. The van der Waals surface area contributed by atoms with E-state index in [2.05, 4.69) is 15.5 Å². The summed E-state index contributed by atoms with van der Waals surface area (Å²) in [4.78, 5) is 44.5. The summed E-state index contributed by atoms with van der Waals surface area (Å²) < 4.78 is 23.1. The molecule has 0 aliphatic heterocycles. The van der Waals surface area contributed by atoms with Crippen LogP contribution in [0.3, 0.4) is 0 Å². The molecule has 2 atom stereocenters. The van der Waals surface area contributed by atoms with E-state index in [-0.39, 0.29) is 42.1 Å². The number of benzene rings is 2. The van der Waals surface area contributed by atoms with Crippen molar-refractivity contribution in [2.24, 2.45) is 5.41 Å². The van der Waals surface area contributed by atoms with Crippen LogP contribution in [0.25, 0.3) is 4.85 Å². The Hall–Kier alpha value is -2.76. The number of carbonyl (C=O) groups excluding carboxylic acids is 3. The minimum Gasteiger partial charge on any atom is -0.355 e. The number of amides is 2. The zero-order chi connectivity index (χ0) is 37.6. The molecule has 0 aromatic heterocycles. The molecule has 50 heavy (non-hydrogen) atoms. The van der Waals surface area contributed by atoms with Crippen LogP contribution in [0.1, 0.15) is 69.3 Å². The van der Waals surface area contributed by atoms with Gasteiger partial charge in [-0.1, -0.05) is 103 Å². The molecule has 0 bridgehead atoms. The van der Waals surface area contributed by atoms with E-state index in [1.807, 2.05) is 50.5 Å². The highest BCUT2D eigenvalue weighted by atomic mass is 32.2. The van der Waals surface area contributed by atoms with Gasteiger partial charge in [0.15, 0.2) is 0 Å². The van der Waals surface area contributed by atoms with Gasteiger partial charge < -0.3 is 20.0 Å². The number of hydrogen-bond acceptors (Lipinski definition) is 8. The van der Waals surface area contributed by atoms with E-state index in [0.717, 1.165) is 23.9 Å². The molecule has 274 valence electrons. The third kappa shape index (κ3) is 15.2. The van der Waals surface area contributed by atoms with Gasteiger partial charge in [-0.3, -0.25) is 14.4 Å². The highest BCUT2D eigenvalue weighted by molar-refractivity contribution is 8.25. The number of thiocarbonyl (C=S) groups is 1.